The maximum atomic E-state index is 12.3. The van der Waals surface area contributed by atoms with Crippen molar-refractivity contribution < 1.29 is 14.3 Å². The number of aliphatic imine (C=N–C) groups is 1. The van der Waals surface area contributed by atoms with E-state index in [-0.39, 0.29) is 0 Å². The van der Waals surface area contributed by atoms with Crippen LogP contribution >= 0.6 is 11.3 Å². The molecule has 0 aliphatic carbocycles. The molecular formula is C20H25N5O3S. The molecule has 8 nitrogen and oxygen atoms in total. The molecule has 2 aromatic rings. The van der Waals surface area contributed by atoms with Gasteiger partial charge in [0.25, 0.3) is 0 Å². The van der Waals surface area contributed by atoms with E-state index in [1.165, 1.54) is 11.3 Å². The number of esters is 1. The Kier molecular flexibility index (Phi) is 6.08. The smallest absolute Gasteiger partial charge is 0.367 e. The highest BCUT2D eigenvalue weighted by molar-refractivity contribution is 7.18. The number of amidine groups is 1. The molecule has 154 valence electrons. The molecule has 0 spiro atoms. The molecule has 1 aromatic heterocycles. The normalized spacial score (nSPS) is 18.2. The maximum Gasteiger partial charge on any atom is 0.367 e. The molecule has 2 N–H and O–H groups in total. The van der Waals surface area contributed by atoms with Crippen LogP contribution in [-0.2, 0) is 9.47 Å². The minimum Gasteiger partial charge on any atom is -0.461 e. The first-order valence-corrected chi connectivity index (χ1v) is 10.6. The van der Waals surface area contributed by atoms with E-state index in [0.717, 1.165) is 48.3 Å². The summed E-state index contributed by atoms with van der Waals surface area (Å²) in [5.41, 5.74) is 2.45. The number of carbonyl (C=O) groups excluding carboxylic acids is 1. The van der Waals surface area contributed by atoms with Crippen molar-refractivity contribution in [2.75, 3.05) is 45.3 Å². The number of ether oxygens (including phenoxy) is 2. The van der Waals surface area contributed by atoms with Gasteiger partial charge in [-0.15, -0.1) is 0 Å². The Balaban J connectivity index is 1.71. The number of hydrogen-bond acceptors (Lipinski definition) is 9. The summed E-state index contributed by atoms with van der Waals surface area (Å²) >= 11 is 1.30. The molecule has 9 heteroatoms. The molecule has 1 saturated heterocycles. The average molecular weight is 416 g/mol. The molecule has 3 heterocycles. The van der Waals surface area contributed by atoms with Crippen LogP contribution in [0.1, 0.15) is 28.8 Å². The Labute approximate surface area is 173 Å². The van der Waals surface area contributed by atoms with Crippen molar-refractivity contribution >= 4 is 39.5 Å². The first-order chi connectivity index (χ1) is 14.2. The number of anilines is 2. The van der Waals surface area contributed by atoms with E-state index < -0.39 is 5.97 Å². The summed E-state index contributed by atoms with van der Waals surface area (Å²) in [5.74, 6) is 0.381. The third-order valence-electron chi connectivity index (χ3n) is 4.89. The Morgan fingerprint density at radius 2 is 2.24 bits per heavy atom. The average Bonchev–Trinajstić information content (AvgIpc) is 3.09. The van der Waals surface area contributed by atoms with Crippen molar-refractivity contribution in [3.05, 3.63) is 35.0 Å². The van der Waals surface area contributed by atoms with Crippen LogP contribution in [0.4, 0.5) is 16.4 Å². The lowest BCUT2D eigenvalue weighted by Crippen LogP contribution is -2.53. The first-order valence-electron chi connectivity index (χ1n) is 9.80. The van der Waals surface area contributed by atoms with Crippen LogP contribution in [0.3, 0.4) is 0 Å². The van der Waals surface area contributed by atoms with Crippen molar-refractivity contribution in [2.24, 2.45) is 4.99 Å². The summed E-state index contributed by atoms with van der Waals surface area (Å²) < 4.78 is 10.4. The van der Waals surface area contributed by atoms with Crippen LogP contribution in [-0.4, -0.2) is 67.7 Å². The Morgan fingerprint density at radius 1 is 1.38 bits per heavy atom. The highest BCUT2D eigenvalue weighted by Crippen LogP contribution is 2.38. The van der Waals surface area contributed by atoms with Gasteiger partial charge in [0, 0.05) is 39.4 Å². The number of para-hydroxylation sites is 2. The third-order valence-corrected chi connectivity index (χ3v) is 5.84. The zero-order chi connectivity index (χ0) is 20.2. The lowest BCUT2D eigenvalue weighted by Gasteiger charge is -2.35. The number of hydrogen-bond donors (Lipinski definition) is 2. The molecule has 1 atom stereocenters. The Hall–Kier alpha value is -2.49. The molecule has 0 bridgehead atoms. The van der Waals surface area contributed by atoms with Gasteiger partial charge in [0.2, 0.25) is 5.01 Å². The summed E-state index contributed by atoms with van der Waals surface area (Å²) in [6, 6.07) is 8.21. The highest BCUT2D eigenvalue weighted by Gasteiger charge is 2.30. The van der Waals surface area contributed by atoms with Gasteiger partial charge >= 0.3 is 5.97 Å². The van der Waals surface area contributed by atoms with Gasteiger partial charge in [0.05, 0.1) is 18.0 Å². The number of benzene rings is 1. The quantitative estimate of drug-likeness (QED) is 0.726. The summed E-state index contributed by atoms with van der Waals surface area (Å²) in [5, 5.41) is 8.09. The number of rotatable bonds is 5. The highest BCUT2D eigenvalue weighted by atomic mass is 32.1. The summed E-state index contributed by atoms with van der Waals surface area (Å²) in [6.45, 7) is 5.29. The maximum absolute atomic E-state index is 12.3. The molecule has 1 fully saturated rings. The lowest BCUT2D eigenvalue weighted by molar-refractivity contribution is 0.0526. The largest absolute Gasteiger partial charge is 0.461 e. The van der Waals surface area contributed by atoms with Crippen molar-refractivity contribution in [2.45, 2.75) is 19.4 Å². The van der Waals surface area contributed by atoms with Crippen LogP contribution in [0.25, 0.3) is 0 Å². The standard InChI is InChI=1S/C20H25N5O3S/c1-3-28-20(26)19-24-16-17(25-10-9-21-13(12-25)8-11-27-2)22-14-6-4-5-7-15(14)23-18(16)29-19/h4-7,13,21,23H,3,8-12H2,1-2H3/t13-/m0/s1. The number of methoxy groups -OCH3 is 1. The van der Waals surface area contributed by atoms with E-state index >= 15 is 0 Å². The minimum absolute atomic E-state index is 0.310. The molecule has 0 radical (unpaired) electrons. The monoisotopic (exact) mass is 415 g/mol. The number of aromatic nitrogens is 1. The number of carbonyl (C=O) groups is 1. The number of nitrogens with one attached hydrogen (secondary N) is 2. The van der Waals surface area contributed by atoms with Crippen molar-refractivity contribution in [3.8, 4) is 0 Å². The fourth-order valence-corrected chi connectivity index (χ4v) is 4.36. The van der Waals surface area contributed by atoms with Crippen LogP contribution in [0.2, 0.25) is 0 Å². The van der Waals surface area contributed by atoms with Gasteiger partial charge in [-0.3, -0.25) is 0 Å². The Bertz CT molecular complexity index is 913. The number of piperazine rings is 1. The first kappa shape index (κ1) is 19.8. The molecule has 2 aliphatic heterocycles. The van der Waals surface area contributed by atoms with Gasteiger partial charge in [0.1, 0.15) is 10.7 Å². The molecular weight excluding hydrogens is 390 g/mol. The van der Waals surface area contributed by atoms with E-state index in [1.807, 2.05) is 24.3 Å². The van der Waals surface area contributed by atoms with Crippen LogP contribution in [0.5, 0.6) is 0 Å². The summed E-state index contributed by atoms with van der Waals surface area (Å²) in [6.07, 6.45) is 0.924. The zero-order valence-corrected chi connectivity index (χ0v) is 17.4. The lowest BCUT2D eigenvalue weighted by atomic mass is 10.1. The fourth-order valence-electron chi connectivity index (χ4n) is 3.49. The van der Waals surface area contributed by atoms with Gasteiger partial charge in [-0.25, -0.2) is 14.8 Å². The zero-order valence-electron chi connectivity index (χ0n) is 16.6. The minimum atomic E-state index is -0.404. The molecule has 29 heavy (non-hydrogen) atoms. The van der Waals surface area contributed by atoms with E-state index in [0.29, 0.717) is 30.0 Å². The number of fused-ring (bicyclic) bond motifs is 2. The van der Waals surface area contributed by atoms with E-state index in [9.17, 15) is 4.79 Å². The molecule has 4 rings (SSSR count). The second-order valence-electron chi connectivity index (χ2n) is 6.87. The predicted octanol–water partition coefficient (Wildman–Crippen LogP) is 2.77. The molecule has 2 aliphatic rings. The SMILES string of the molecule is CCOC(=O)c1nc2c(s1)Nc1ccccc1N=C2N1CCN[C@@H](CCOC)C1. The van der Waals surface area contributed by atoms with Crippen LogP contribution in [0, 0.1) is 0 Å². The van der Waals surface area contributed by atoms with Gasteiger partial charge in [0.15, 0.2) is 5.84 Å². The van der Waals surface area contributed by atoms with E-state index in [4.69, 9.17) is 14.5 Å². The van der Waals surface area contributed by atoms with Crippen LogP contribution in [0.15, 0.2) is 29.3 Å². The topological polar surface area (TPSA) is 88.1 Å². The third kappa shape index (κ3) is 4.26. The summed E-state index contributed by atoms with van der Waals surface area (Å²) in [4.78, 5) is 24.1. The van der Waals surface area contributed by atoms with Gasteiger partial charge in [-0.2, -0.15) is 0 Å². The molecule has 0 saturated carbocycles. The van der Waals surface area contributed by atoms with Crippen molar-refractivity contribution in [1.29, 1.82) is 0 Å². The second-order valence-corrected chi connectivity index (χ2v) is 7.87. The van der Waals surface area contributed by atoms with Gasteiger partial charge in [-0.1, -0.05) is 23.5 Å². The number of thiazole rings is 1. The Morgan fingerprint density at radius 3 is 3.07 bits per heavy atom. The van der Waals surface area contributed by atoms with E-state index in [2.05, 4.69) is 20.5 Å². The molecule has 0 amide bonds. The second kappa shape index (κ2) is 8.89. The predicted molar refractivity (Wildman–Crippen MR) is 114 cm³/mol. The van der Waals surface area contributed by atoms with Crippen molar-refractivity contribution in [1.82, 2.24) is 15.2 Å². The molecule has 1 aromatic carbocycles. The van der Waals surface area contributed by atoms with Gasteiger partial charge in [-0.05, 0) is 25.5 Å². The van der Waals surface area contributed by atoms with Gasteiger partial charge < -0.3 is 25.0 Å². The van der Waals surface area contributed by atoms with Crippen LogP contribution < -0.4 is 10.6 Å². The van der Waals surface area contributed by atoms with E-state index in [1.54, 1.807) is 14.0 Å². The number of nitrogens with zero attached hydrogens (tertiary/aromatic N) is 3. The summed E-state index contributed by atoms with van der Waals surface area (Å²) in [7, 11) is 1.72. The fraction of sp³-hybridized carbons (Fsp3) is 0.450. The molecule has 0 unspecified atom stereocenters. The van der Waals surface area contributed by atoms with Crippen molar-refractivity contribution in [3.63, 3.8) is 0 Å².